The third-order valence-electron chi connectivity index (χ3n) is 4.09. The van der Waals surface area contributed by atoms with Gasteiger partial charge in [0.15, 0.2) is 11.5 Å². The van der Waals surface area contributed by atoms with Crippen LogP contribution in [0.3, 0.4) is 0 Å². The zero-order chi connectivity index (χ0) is 19.2. The van der Waals surface area contributed by atoms with E-state index < -0.39 is 29.9 Å². The molecule has 0 spiro atoms. The molecule has 0 bridgehead atoms. The van der Waals surface area contributed by atoms with Crippen molar-refractivity contribution >= 4 is 0 Å². The molecule has 0 saturated heterocycles. The summed E-state index contributed by atoms with van der Waals surface area (Å²) in [5.41, 5.74) is 0. The zero-order valence-electron chi connectivity index (χ0n) is 15.0. The Bertz CT molecular complexity index is 631. The molecule has 2 rings (SSSR count). The van der Waals surface area contributed by atoms with Crippen molar-refractivity contribution in [1.29, 1.82) is 0 Å². The Morgan fingerprint density at radius 3 is 2.46 bits per heavy atom. The second-order valence-corrected chi connectivity index (χ2v) is 6.23. The molecule has 1 aromatic carbocycles. The van der Waals surface area contributed by atoms with E-state index in [9.17, 15) is 17.6 Å². The van der Waals surface area contributed by atoms with Crippen molar-refractivity contribution in [3.63, 3.8) is 0 Å². The van der Waals surface area contributed by atoms with Gasteiger partial charge < -0.3 is 14.2 Å². The van der Waals surface area contributed by atoms with E-state index in [2.05, 4.69) is 4.74 Å². The second-order valence-electron chi connectivity index (χ2n) is 6.23. The summed E-state index contributed by atoms with van der Waals surface area (Å²) in [5, 5.41) is 0. The Morgan fingerprint density at radius 1 is 1.15 bits per heavy atom. The molecule has 146 valence electrons. The summed E-state index contributed by atoms with van der Waals surface area (Å²) in [6.45, 7) is 4.15. The number of ether oxygens (including phenoxy) is 3. The van der Waals surface area contributed by atoms with Crippen molar-refractivity contribution in [1.82, 2.24) is 0 Å². The minimum atomic E-state index is -3.60. The fourth-order valence-electron chi connectivity index (χ4n) is 2.72. The fourth-order valence-corrected chi connectivity index (χ4v) is 2.72. The van der Waals surface area contributed by atoms with Crippen molar-refractivity contribution < 1.29 is 31.8 Å². The van der Waals surface area contributed by atoms with Crippen molar-refractivity contribution in [2.75, 3.05) is 13.2 Å². The molecule has 1 aliphatic heterocycles. The first-order chi connectivity index (χ1) is 12.4. The van der Waals surface area contributed by atoms with Crippen LogP contribution in [0, 0.1) is 17.6 Å². The molecule has 3 nitrogen and oxygen atoms in total. The highest BCUT2D eigenvalue weighted by atomic mass is 19.3. The first-order valence-corrected chi connectivity index (χ1v) is 8.85. The maximum absolute atomic E-state index is 14.0. The lowest BCUT2D eigenvalue weighted by Gasteiger charge is -2.25. The van der Waals surface area contributed by atoms with Crippen LogP contribution in [0.2, 0.25) is 0 Å². The molecule has 1 aromatic rings. The molecular formula is C19H24F4O3. The lowest BCUT2D eigenvalue weighted by Crippen LogP contribution is -2.27. The summed E-state index contributed by atoms with van der Waals surface area (Å²) < 4.78 is 70.5. The van der Waals surface area contributed by atoms with E-state index in [0.29, 0.717) is 13.0 Å². The number of rotatable bonds is 9. The maximum atomic E-state index is 14.0. The first kappa shape index (κ1) is 20.4. The second kappa shape index (κ2) is 9.14. The topological polar surface area (TPSA) is 27.7 Å². The Kier molecular flexibility index (Phi) is 7.17. The number of benzene rings is 1. The van der Waals surface area contributed by atoms with Crippen molar-refractivity contribution in [3.05, 3.63) is 35.6 Å². The van der Waals surface area contributed by atoms with E-state index in [1.165, 1.54) is 0 Å². The fraction of sp³-hybridized carbons (Fsp3) is 0.579. The molecule has 1 atom stereocenters. The van der Waals surface area contributed by atoms with Crippen LogP contribution in [0.1, 0.15) is 46.0 Å². The van der Waals surface area contributed by atoms with Gasteiger partial charge in [0.2, 0.25) is 11.6 Å². The van der Waals surface area contributed by atoms with Crippen LogP contribution in [0.5, 0.6) is 11.5 Å². The van der Waals surface area contributed by atoms with Crippen molar-refractivity contribution in [2.24, 2.45) is 5.92 Å². The monoisotopic (exact) mass is 376 g/mol. The van der Waals surface area contributed by atoms with E-state index in [1.54, 1.807) is 6.92 Å². The van der Waals surface area contributed by atoms with Gasteiger partial charge >= 0.3 is 6.11 Å². The van der Waals surface area contributed by atoms with Crippen LogP contribution in [0.15, 0.2) is 24.0 Å². The first-order valence-electron chi connectivity index (χ1n) is 8.85. The molecule has 0 amide bonds. The average Bonchev–Trinajstić information content (AvgIpc) is 2.61. The average molecular weight is 376 g/mol. The zero-order valence-corrected chi connectivity index (χ0v) is 15.0. The standard InChI is InChI=1S/C19H24F4O3/c1-3-5-14-7-6-13(12-25-14)10-11-19(22,23)26-16-9-8-15(24-4-2)17(20)18(16)21/h7-9,13H,3-6,10-12H2,1-2H3. The molecular weight excluding hydrogens is 352 g/mol. The molecule has 0 fully saturated rings. The predicted molar refractivity (Wildman–Crippen MR) is 89.4 cm³/mol. The minimum absolute atomic E-state index is 0.0491. The Balaban J connectivity index is 1.92. The number of halogens is 4. The van der Waals surface area contributed by atoms with Gasteiger partial charge in [0.05, 0.1) is 25.4 Å². The SMILES string of the molecule is CCCC1=CCC(CCC(F)(F)Oc2ccc(OCC)c(F)c2F)CO1. The largest absolute Gasteiger partial charge is 0.498 e. The van der Waals surface area contributed by atoms with Gasteiger partial charge in [-0.15, -0.1) is 0 Å². The van der Waals surface area contributed by atoms with Crippen molar-refractivity contribution in [2.45, 2.75) is 52.1 Å². The Morgan fingerprint density at radius 2 is 1.85 bits per heavy atom. The third-order valence-corrected chi connectivity index (χ3v) is 4.09. The number of allylic oxidation sites excluding steroid dienone is 2. The molecule has 0 N–H and O–H groups in total. The van der Waals surface area contributed by atoms with Crippen molar-refractivity contribution in [3.8, 4) is 11.5 Å². The van der Waals surface area contributed by atoms with Gasteiger partial charge in [-0.05, 0) is 50.3 Å². The van der Waals surface area contributed by atoms with Gasteiger partial charge in [-0.1, -0.05) is 6.92 Å². The van der Waals surface area contributed by atoms with Crippen LogP contribution in [-0.4, -0.2) is 19.3 Å². The number of hydrogen-bond donors (Lipinski definition) is 0. The van der Waals surface area contributed by atoms with E-state index in [0.717, 1.165) is 30.7 Å². The van der Waals surface area contributed by atoms with Crippen LogP contribution in [0.25, 0.3) is 0 Å². The van der Waals surface area contributed by atoms with Gasteiger partial charge in [-0.3, -0.25) is 0 Å². The summed E-state index contributed by atoms with van der Waals surface area (Å²) in [7, 11) is 0. The molecule has 0 radical (unpaired) electrons. The molecule has 1 unspecified atom stereocenters. The van der Waals surface area contributed by atoms with Crippen LogP contribution in [0.4, 0.5) is 17.6 Å². The molecule has 7 heteroatoms. The Hall–Kier alpha value is -1.92. The highest BCUT2D eigenvalue weighted by molar-refractivity contribution is 5.35. The molecule has 0 aromatic heterocycles. The molecule has 1 heterocycles. The highest BCUT2D eigenvalue weighted by Gasteiger charge is 2.34. The normalized spacial score (nSPS) is 17.5. The van der Waals surface area contributed by atoms with Gasteiger partial charge in [0.25, 0.3) is 0 Å². The van der Waals surface area contributed by atoms with E-state index in [1.807, 2.05) is 13.0 Å². The highest BCUT2D eigenvalue weighted by Crippen LogP contribution is 2.34. The van der Waals surface area contributed by atoms with Crippen LogP contribution < -0.4 is 9.47 Å². The van der Waals surface area contributed by atoms with Gasteiger partial charge in [0.1, 0.15) is 0 Å². The van der Waals surface area contributed by atoms with Gasteiger partial charge in [-0.25, -0.2) is 0 Å². The number of alkyl halides is 2. The van der Waals surface area contributed by atoms with Gasteiger partial charge in [0, 0.05) is 6.42 Å². The predicted octanol–water partition coefficient (Wildman–Crippen LogP) is 5.84. The number of hydrogen-bond acceptors (Lipinski definition) is 3. The maximum Gasteiger partial charge on any atom is 0.397 e. The smallest absolute Gasteiger partial charge is 0.397 e. The summed E-state index contributed by atoms with van der Waals surface area (Å²) >= 11 is 0. The van der Waals surface area contributed by atoms with Crippen LogP contribution >= 0.6 is 0 Å². The lowest BCUT2D eigenvalue weighted by molar-refractivity contribution is -0.185. The summed E-state index contributed by atoms with van der Waals surface area (Å²) in [6.07, 6.45) is 0.348. The van der Waals surface area contributed by atoms with E-state index in [-0.39, 0.29) is 24.7 Å². The Labute approximate surface area is 150 Å². The van der Waals surface area contributed by atoms with Crippen LogP contribution in [-0.2, 0) is 4.74 Å². The molecule has 26 heavy (non-hydrogen) atoms. The summed E-state index contributed by atoms with van der Waals surface area (Å²) in [4.78, 5) is 0. The molecule has 0 saturated carbocycles. The molecule has 1 aliphatic rings. The summed E-state index contributed by atoms with van der Waals surface area (Å²) in [6, 6.07) is 2.02. The lowest BCUT2D eigenvalue weighted by atomic mass is 9.97. The van der Waals surface area contributed by atoms with E-state index in [4.69, 9.17) is 9.47 Å². The van der Waals surface area contributed by atoms with Gasteiger partial charge in [-0.2, -0.15) is 17.6 Å². The summed E-state index contributed by atoms with van der Waals surface area (Å²) in [5.74, 6) is -3.14. The molecule has 0 aliphatic carbocycles. The quantitative estimate of drug-likeness (QED) is 0.507. The van der Waals surface area contributed by atoms with E-state index >= 15 is 0 Å². The minimum Gasteiger partial charge on any atom is -0.498 e. The third kappa shape index (κ3) is 5.54.